The molecule has 1 aliphatic heterocycles. The lowest BCUT2D eigenvalue weighted by molar-refractivity contribution is 0.111. The van der Waals surface area contributed by atoms with Gasteiger partial charge < -0.3 is 14.6 Å². The van der Waals surface area contributed by atoms with Crippen LogP contribution in [0.15, 0.2) is 6.07 Å². The molecule has 86 valence electrons. The molecule has 4 nitrogen and oxygen atoms in total. The van der Waals surface area contributed by atoms with Gasteiger partial charge >= 0.3 is 0 Å². The van der Waals surface area contributed by atoms with E-state index >= 15 is 0 Å². The molecule has 0 unspecified atom stereocenters. The highest BCUT2D eigenvalue weighted by Gasteiger charge is 2.22. The second kappa shape index (κ2) is 4.72. The number of aliphatic hydroxyl groups is 1. The number of carbonyl (C=O) groups excluding carboxylic acids is 1. The van der Waals surface area contributed by atoms with E-state index in [9.17, 15) is 4.79 Å². The summed E-state index contributed by atoms with van der Waals surface area (Å²) in [7, 11) is 0. The van der Waals surface area contributed by atoms with Crippen molar-refractivity contribution in [2.75, 3.05) is 19.8 Å². The predicted octanol–water partition coefficient (Wildman–Crippen LogP) is 1.46. The Kier molecular flexibility index (Phi) is 3.31. The molecule has 0 amide bonds. The summed E-state index contributed by atoms with van der Waals surface area (Å²) in [5.74, 6) is 0.906. The molecule has 0 aliphatic carbocycles. The Balaban J connectivity index is 2.57. The van der Waals surface area contributed by atoms with E-state index < -0.39 is 0 Å². The van der Waals surface area contributed by atoms with E-state index in [0.717, 1.165) is 0 Å². The van der Waals surface area contributed by atoms with Crippen molar-refractivity contribution in [1.29, 1.82) is 0 Å². The lowest BCUT2D eigenvalue weighted by Crippen LogP contribution is -2.18. The number of aldehydes is 1. The van der Waals surface area contributed by atoms with Crippen molar-refractivity contribution in [3.8, 4) is 11.5 Å². The highest BCUT2D eigenvalue weighted by atomic mass is 35.5. The quantitative estimate of drug-likeness (QED) is 0.816. The number of halogens is 1. The summed E-state index contributed by atoms with van der Waals surface area (Å²) in [5, 5.41) is 9.36. The van der Waals surface area contributed by atoms with Crippen molar-refractivity contribution in [1.82, 2.24) is 0 Å². The molecule has 2 rings (SSSR count). The number of rotatable bonds is 3. The zero-order valence-corrected chi connectivity index (χ0v) is 9.29. The number of fused-ring (bicyclic) bond motifs is 1. The van der Waals surface area contributed by atoms with Crippen LogP contribution in [0.3, 0.4) is 0 Å². The van der Waals surface area contributed by atoms with Gasteiger partial charge in [-0.15, -0.1) is 0 Å². The number of benzene rings is 1. The van der Waals surface area contributed by atoms with E-state index in [4.69, 9.17) is 26.2 Å². The lowest BCUT2D eigenvalue weighted by atomic mass is 10.1. The third-order valence-electron chi connectivity index (χ3n) is 2.38. The highest BCUT2D eigenvalue weighted by Crippen LogP contribution is 2.40. The fourth-order valence-corrected chi connectivity index (χ4v) is 1.98. The van der Waals surface area contributed by atoms with Crippen molar-refractivity contribution >= 4 is 17.9 Å². The molecular formula is C11H11ClO4. The Labute approximate surface area is 97.7 Å². The van der Waals surface area contributed by atoms with E-state index in [2.05, 4.69) is 0 Å². The molecule has 1 aromatic rings. The van der Waals surface area contributed by atoms with Gasteiger partial charge in [0.15, 0.2) is 17.8 Å². The van der Waals surface area contributed by atoms with Crippen LogP contribution >= 0.6 is 11.6 Å². The summed E-state index contributed by atoms with van der Waals surface area (Å²) in [6.45, 7) is 0.800. The minimum absolute atomic E-state index is 0.0318. The van der Waals surface area contributed by atoms with Gasteiger partial charge in [-0.2, -0.15) is 0 Å². The maximum atomic E-state index is 10.9. The van der Waals surface area contributed by atoms with Crippen LogP contribution in [0, 0.1) is 0 Å². The molecule has 1 aromatic carbocycles. The lowest BCUT2D eigenvalue weighted by Gasteiger charge is -2.23. The van der Waals surface area contributed by atoms with Gasteiger partial charge in [-0.25, -0.2) is 0 Å². The average molecular weight is 243 g/mol. The fraction of sp³-hybridized carbons (Fsp3) is 0.364. The normalized spacial score (nSPS) is 13.6. The van der Waals surface area contributed by atoms with Gasteiger partial charge in [0, 0.05) is 23.6 Å². The van der Waals surface area contributed by atoms with Crippen LogP contribution in [0.4, 0.5) is 0 Å². The number of hydrogen-bond donors (Lipinski definition) is 1. The monoisotopic (exact) mass is 242 g/mol. The zero-order chi connectivity index (χ0) is 11.5. The number of ether oxygens (including phenoxy) is 2. The third kappa shape index (κ3) is 1.86. The average Bonchev–Trinajstić information content (AvgIpc) is 2.32. The van der Waals surface area contributed by atoms with Crippen LogP contribution in [0.5, 0.6) is 11.5 Å². The molecule has 1 aliphatic rings. The highest BCUT2D eigenvalue weighted by molar-refractivity contribution is 6.32. The van der Waals surface area contributed by atoms with Crippen LogP contribution in [0.1, 0.15) is 15.9 Å². The number of aliphatic hydroxyl groups excluding tert-OH is 1. The van der Waals surface area contributed by atoms with E-state index in [-0.39, 0.29) is 6.61 Å². The van der Waals surface area contributed by atoms with E-state index in [1.54, 1.807) is 0 Å². The summed E-state index contributed by atoms with van der Waals surface area (Å²) in [5.41, 5.74) is 1.06. The van der Waals surface area contributed by atoms with Crippen LogP contribution in [0.2, 0.25) is 5.02 Å². The van der Waals surface area contributed by atoms with Gasteiger partial charge in [0.2, 0.25) is 0 Å². The van der Waals surface area contributed by atoms with Crippen LogP contribution in [0.25, 0.3) is 0 Å². The minimum atomic E-state index is -0.0318. The molecule has 16 heavy (non-hydrogen) atoms. The van der Waals surface area contributed by atoms with E-state index in [1.165, 1.54) is 6.07 Å². The van der Waals surface area contributed by atoms with Gasteiger partial charge in [0.1, 0.15) is 13.2 Å². The summed E-state index contributed by atoms with van der Waals surface area (Å²) in [4.78, 5) is 10.9. The molecule has 5 heteroatoms. The van der Waals surface area contributed by atoms with Crippen molar-refractivity contribution in [2.24, 2.45) is 0 Å². The van der Waals surface area contributed by atoms with Gasteiger partial charge in [-0.1, -0.05) is 11.6 Å². The first-order chi connectivity index (χ1) is 7.77. The van der Waals surface area contributed by atoms with Crippen LogP contribution in [-0.4, -0.2) is 31.2 Å². The summed E-state index contributed by atoms with van der Waals surface area (Å²) >= 11 is 6.02. The van der Waals surface area contributed by atoms with E-state index in [1.807, 2.05) is 0 Å². The molecule has 1 heterocycles. The zero-order valence-electron chi connectivity index (χ0n) is 8.53. The molecule has 0 saturated heterocycles. The first kappa shape index (κ1) is 11.2. The predicted molar refractivity (Wildman–Crippen MR) is 58.6 cm³/mol. The molecule has 0 fully saturated rings. The Morgan fingerprint density at radius 3 is 2.69 bits per heavy atom. The standard InChI is InChI=1S/C11H11ClO4/c12-9-5-7(6-14)10-11(8(9)1-2-13)16-4-3-15-10/h5-6,13H,1-4H2. The Morgan fingerprint density at radius 2 is 2.06 bits per heavy atom. The Hall–Kier alpha value is -1.26. The van der Waals surface area contributed by atoms with Gasteiger partial charge in [-0.05, 0) is 6.07 Å². The molecule has 0 bridgehead atoms. The smallest absolute Gasteiger partial charge is 0.172 e. The Bertz CT molecular complexity index is 417. The molecular weight excluding hydrogens is 232 g/mol. The Morgan fingerprint density at radius 1 is 1.38 bits per heavy atom. The SMILES string of the molecule is O=Cc1cc(Cl)c(CCO)c2c1OCCO2. The molecule has 0 spiro atoms. The third-order valence-corrected chi connectivity index (χ3v) is 2.72. The van der Waals surface area contributed by atoms with E-state index in [0.29, 0.717) is 53.6 Å². The first-order valence-corrected chi connectivity index (χ1v) is 5.32. The molecule has 0 saturated carbocycles. The second-order valence-corrected chi connectivity index (χ2v) is 3.78. The first-order valence-electron chi connectivity index (χ1n) is 4.95. The van der Waals surface area contributed by atoms with Crippen molar-refractivity contribution in [3.63, 3.8) is 0 Å². The number of hydrogen-bond acceptors (Lipinski definition) is 4. The van der Waals surface area contributed by atoms with Gasteiger partial charge in [0.05, 0.1) is 5.56 Å². The maximum Gasteiger partial charge on any atom is 0.172 e. The molecule has 0 radical (unpaired) electrons. The maximum absolute atomic E-state index is 10.9. The minimum Gasteiger partial charge on any atom is -0.486 e. The largest absolute Gasteiger partial charge is 0.486 e. The fourth-order valence-electron chi connectivity index (χ4n) is 1.69. The summed E-state index contributed by atoms with van der Waals surface area (Å²) in [6.07, 6.45) is 1.06. The molecule has 0 aromatic heterocycles. The molecule has 0 atom stereocenters. The second-order valence-electron chi connectivity index (χ2n) is 3.37. The van der Waals surface area contributed by atoms with Crippen LogP contribution < -0.4 is 9.47 Å². The summed E-state index contributed by atoms with van der Waals surface area (Å²) in [6, 6.07) is 1.53. The van der Waals surface area contributed by atoms with Gasteiger partial charge in [0.25, 0.3) is 0 Å². The van der Waals surface area contributed by atoms with Crippen molar-refractivity contribution in [3.05, 3.63) is 22.2 Å². The van der Waals surface area contributed by atoms with Crippen molar-refractivity contribution < 1.29 is 19.4 Å². The van der Waals surface area contributed by atoms with Gasteiger partial charge in [-0.3, -0.25) is 4.79 Å². The topological polar surface area (TPSA) is 55.8 Å². The summed E-state index contributed by atoms with van der Waals surface area (Å²) < 4.78 is 10.8. The molecule has 1 N–H and O–H groups in total. The van der Waals surface area contributed by atoms with Crippen LogP contribution in [-0.2, 0) is 6.42 Å². The number of carbonyl (C=O) groups is 1. The van der Waals surface area contributed by atoms with Crippen molar-refractivity contribution in [2.45, 2.75) is 6.42 Å².